The fourth-order valence-electron chi connectivity index (χ4n) is 4.42. The summed E-state index contributed by atoms with van der Waals surface area (Å²) >= 11 is 1.57. The molecule has 0 bridgehead atoms. The molecule has 0 unspecified atom stereocenters. The van der Waals surface area contributed by atoms with Gasteiger partial charge in [-0.25, -0.2) is 14.8 Å². The van der Waals surface area contributed by atoms with Crippen molar-refractivity contribution in [1.82, 2.24) is 24.7 Å². The Balaban J connectivity index is 1.14. The van der Waals surface area contributed by atoms with Gasteiger partial charge in [0.05, 0.1) is 15.9 Å². The van der Waals surface area contributed by atoms with Crippen LogP contribution in [-0.4, -0.2) is 41.8 Å². The van der Waals surface area contributed by atoms with Crippen molar-refractivity contribution in [3.05, 3.63) is 103 Å². The maximum absolute atomic E-state index is 12.6. The van der Waals surface area contributed by atoms with E-state index in [2.05, 4.69) is 36.2 Å². The van der Waals surface area contributed by atoms with Crippen molar-refractivity contribution in [1.29, 1.82) is 0 Å². The van der Waals surface area contributed by atoms with Gasteiger partial charge in [0.25, 0.3) is 0 Å². The van der Waals surface area contributed by atoms with Gasteiger partial charge in [0.1, 0.15) is 19.0 Å². The van der Waals surface area contributed by atoms with E-state index >= 15 is 0 Å². The largest absolute Gasteiger partial charge is 0.481 e. The van der Waals surface area contributed by atoms with Crippen molar-refractivity contribution >= 4 is 44.9 Å². The van der Waals surface area contributed by atoms with Crippen molar-refractivity contribution in [2.75, 3.05) is 10.6 Å². The molecule has 0 fully saturated rings. The number of amides is 2. The van der Waals surface area contributed by atoms with Crippen LogP contribution in [0.15, 0.2) is 97.2 Å². The fraction of sp³-hybridized carbons (Fsp3) is 0.0667. The Bertz CT molecular complexity index is 1820. The van der Waals surface area contributed by atoms with Gasteiger partial charge in [0.2, 0.25) is 0 Å². The second-order valence-electron chi connectivity index (χ2n) is 9.21. The van der Waals surface area contributed by atoms with Crippen LogP contribution in [0.5, 0.6) is 0 Å². The van der Waals surface area contributed by atoms with Crippen LogP contribution in [0.25, 0.3) is 38.3 Å². The lowest BCUT2D eigenvalue weighted by atomic mass is 10.0. The van der Waals surface area contributed by atoms with Crippen LogP contribution in [0.4, 0.5) is 16.2 Å². The third-order valence-electron chi connectivity index (χ3n) is 6.50. The van der Waals surface area contributed by atoms with E-state index in [0.717, 1.165) is 43.9 Å². The predicted octanol–water partition coefficient (Wildman–Crippen LogP) is 6.27. The topological polar surface area (TPSA) is 135 Å². The summed E-state index contributed by atoms with van der Waals surface area (Å²) in [4.78, 5) is 32.5. The minimum atomic E-state index is -0.805. The van der Waals surface area contributed by atoms with E-state index in [1.165, 1.54) is 0 Å². The first-order valence-corrected chi connectivity index (χ1v) is 13.6. The molecular weight excluding hydrogens is 538 g/mol. The summed E-state index contributed by atoms with van der Waals surface area (Å²) in [5.41, 5.74) is 7.76. The summed E-state index contributed by atoms with van der Waals surface area (Å²) in [6, 6.07) is 22.4. The second kappa shape index (κ2) is 11.4. The van der Waals surface area contributed by atoms with Gasteiger partial charge in [-0.05, 0) is 53.9 Å². The first-order chi connectivity index (χ1) is 20.0. The lowest BCUT2D eigenvalue weighted by Crippen LogP contribution is -2.19. The van der Waals surface area contributed by atoms with Crippen LogP contribution >= 0.6 is 11.3 Å². The molecule has 202 valence electrons. The van der Waals surface area contributed by atoms with E-state index in [4.69, 9.17) is 5.11 Å². The molecule has 3 aromatic heterocycles. The summed E-state index contributed by atoms with van der Waals surface area (Å²) in [5, 5.41) is 24.3. The third-order valence-corrected chi connectivity index (χ3v) is 7.48. The molecule has 11 heteroatoms. The Morgan fingerprint density at radius 1 is 0.805 bits per heavy atom. The molecule has 3 N–H and O–H groups in total. The second-order valence-corrected chi connectivity index (χ2v) is 10.1. The molecule has 6 aromatic rings. The van der Waals surface area contributed by atoms with Crippen molar-refractivity contribution in [2.45, 2.75) is 12.8 Å². The Hall–Kier alpha value is -5.42. The molecule has 41 heavy (non-hydrogen) atoms. The first-order valence-electron chi connectivity index (χ1n) is 12.7. The molecule has 0 aliphatic rings. The summed E-state index contributed by atoms with van der Waals surface area (Å²) in [6.07, 6.45) is 5.37. The zero-order valence-electron chi connectivity index (χ0n) is 21.6. The number of urea groups is 1. The highest BCUT2D eigenvalue weighted by atomic mass is 32.1. The van der Waals surface area contributed by atoms with E-state index in [1.54, 1.807) is 34.9 Å². The number of thiophene rings is 1. The molecular formula is C30H23N7O3S. The average molecular weight is 562 g/mol. The maximum atomic E-state index is 12.6. The maximum Gasteiger partial charge on any atom is 0.323 e. The van der Waals surface area contributed by atoms with Gasteiger partial charge in [-0.1, -0.05) is 36.4 Å². The number of aromatic nitrogens is 5. The van der Waals surface area contributed by atoms with E-state index in [-0.39, 0.29) is 12.5 Å². The molecule has 0 spiro atoms. The van der Waals surface area contributed by atoms with Gasteiger partial charge in [-0.3, -0.25) is 9.36 Å². The molecule has 2 amide bonds. The van der Waals surface area contributed by atoms with E-state index in [9.17, 15) is 9.59 Å². The Labute approximate surface area is 238 Å². The summed E-state index contributed by atoms with van der Waals surface area (Å²) in [7, 11) is 0. The zero-order valence-corrected chi connectivity index (χ0v) is 22.4. The van der Waals surface area contributed by atoms with E-state index in [0.29, 0.717) is 17.8 Å². The molecule has 0 atom stereocenters. The van der Waals surface area contributed by atoms with Crippen LogP contribution in [0.1, 0.15) is 12.0 Å². The Morgan fingerprint density at radius 3 is 2.10 bits per heavy atom. The van der Waals surface area contributed by atoms with Crippen LogP contribution in [0.3, 0.4) is 0 Å². The third kappa shape index (κ3) is 5.80. The number of rotatable bonds is 8. The number of carboxylic acid groups (broad SMARTS) is 1. The van der Waals surface area contributed by atoms with Gasteiger partial charge in [0, 0.05) is 40.0 Å². The quantitative estimate of drug-likeness (QED) is 0.199. The van der Waals surface area contributed by atoms with E-state index < -0.39 is 5.97 Å². The lowest BCUT2D eigenvalue weighted by Gasteiger charge is -2.09. The molecule has 0 aliphatic carbocycles. The van der Waals surface area contributed by atoms with Gasteiger partial charge < -0.3 is 15.7 Å². The monoisotopic (exact) mass is 561 g/mol. The van der Waals surface area contributed by atoms with Gasteiger partial charge in [-0.15, -0.1) is 21.5 Å². The van der Waals surface area contributed by atoms with Gasteiger partial charge in [-0.2, -0.15) is 0 Å². The summed E-state index contributed by atoms with van der Waals surface area (Å²) in [6.45, 7) is 0. The number of anilines is 2. The standard InChI is InChI=1S/C30H23N7O3S/c38-26(39)14-3-19-1-4-20(5-2-19)25-15-41-29-27(31-16-32-28(25)29)21-6-8-22(9-7-21)35-30(40)36-23-10-12-24(13-11-23)37-17-33-34-18-37/h1-2,4-13,15-18H,3,14H2,(H,38,39)(H2,35,36,40). The highest BCUT2D eigenvalue weighted by Gasteiger charge is 2.14. The number of carbonyl (C=O) groups excluding carboxylic acids is 1. The Kier molecular flexibility index (Phi) is 7.16. The predicted molar refractivity (Wildman–Crippen MR) is 158 cm³/mol. The number of benzene rings is 3. The van der Waals surface area contributed by atoms with E-state index in [1.807, 2.05) is 72.8 Å². The highest BCUT2D eigenvalue weighted by molar-refractivity contribution is 7.18. The molecule has 0 saturated carbocycles. The number of nitrogens with zero attached hydrogens (tertiary/aromatic N) is 5. The molecule has 10 nitrogen and oxygen atoms in total. The van der Waals surface area contributed by atoms with Gasteiger partial charge in [0.15, 0.2) is 0 Å². The molecule has 3 aromatic carbocycles. The van der Waals surface area contributed by atoms with Crippen molar-refractivity contribution in [3.8, 4) is 28.1 Å². The van der Waals surface area contributed by atoms with Crippen LogP contribution in [0.2, 0.25) is 0 Å². The lowest BCUT2D eigenvalue weighted by molar-refractivity contribution is -0.136. The van der Waals surface area contributed by atoms with Crippen molar-refractivity contribution in [3.63, 3.8) is 0 Å². The SMILES string of the molecule is O=C(O)CCc1ccc(-c2csc3c(-c4ccc(NC(=O)Nc5ccc(-n6cnnc6)cc5)cc4)ncnc23)cc1. The smallest absolute Gasteiger partial charge is 0.323 e. The highest BCUT2D eigenvalue weighted by Crippen LogP contribution is 2.37. The Morgan fingerprint density at radius 2 is 1.44 bits per heavy atom. The number of hydrogen-bond acceptors (Lipinski definition) is 7. The number of nitrogens with one attached hydrogen (secondary N) is 2. The number of fused-ring (bicyclic) bond motifs is 1. The van der Waals surface area contributed by atoms with Gasteiger partial charge >= 0.3 is 12.0 Å². The van der Waals surface area contributed by atoms with Crippen LogP contribution < -0.4 is 10.6 Å². The van der Waals surface area contributed by atoms with Crippen molar-refractivity contribution in [2.24, 2.45) is 0 Å². The molecule has 6 rings (SSSR count). The molecule has 0 saturated heterocycles. The fourth-order valence-corrected chi connectivity index (χ4v) is 5.46. The number of hydrogen-bond donors (Lipinski definition) is 3. The normalized spacial score (nSPS) is 10.9. The van der Waals surface area contributed by atoms with Crippen LogP contribution in [0, 0.1) is 0 Å². The number of aryl methyl sites for hydroxylation is 1. The number of aliphatic carboxylic acids is 1. The minimum absolute atomic E-state index is 0.107. The zero-order chi connectivity index (χ0) is 28.2. The average Bonchev–Trinajstić information content (AvgIpc) is 3.68. The molecule has 3 heterocycles. The van der Waals surface area contributed by atoms with Crippen LogP contribution in [-0.2, 0) is 11.2 Å². The summed E-state index contributed by atoms with van der Waals surface area (Å²) < 4.78 is 2.74. The summed E-state index contributed by atoms with van der Waals surface area (Å²) in [5.74, 6) is -0.805. The van der Waals surface area contributed by atoms with Crippen molar-refractivity contribution < 1.29 is 14.7 Å². The minimum Gasteiger partial charge on any atom is -0.481 e. The number of carbonyl (C=O) groups is 2. The molecule has 0 aliphatic heterocycles. The first kappa shape index (κ1) is 25.8. The molecule has 0 radical (unpaired) electrons. The number of carboxylic acids is 1.